The van der Waals surface area contributed by atoms with Crippen LogP contribution in [0.1, 0.15) is 5.56 Å². The minimum absolute atomic E-state index is 0.750. The smallest absolute Gasteiger partial charge is 0.231 e. The molecule has 0 atom stereocenters. The maximum atomic E-state index is 8.35. The van der Waals surface area contributed by atoms with Gasteiger partial charge in [-0.15, -0.1) is 0 Å². The van der Waals surface area contributed by atoms with E-state index >= 15 is 0 Å². The number of aliphatic hydroxyl groups excluding tert-OH is 1. The van der Waals surface area contributed by atoms with Crippen molar-refractivity contribution in [3.05, 3.63) is 60.9 Å². The van der Waals surface area contributed by atoms with Crippen molar-refractivity contribution in [3.63, 3.8) is 0 Å². The van der Waals surface area contributed by atoms with Crippen LogP contribution in [-0.2, 0) is 9.59 Å². The zero-order chi connectivity index (χ0) is 14.6. The summed E-state index contributed by atoms with van der Waals surface area (Å²) in [6.45, 7) is 5.39. The minimum Gasteiger partial charge on any atom is -0.516 e. The number of hydrogen-bond acceptors (Lipinski definition) is 5. The molecular weight excluding hydrogens is 232 g/mol. The van der Waals surface area contributed by atoms with Crippen LogP contribution in [0.3, 0.4) is 0 Å². The van der Waals surface area contributed by atoms with Crippen LogP contribution >= 0.6 is 0 Å². The Balaban J connectivity index is -0.000000182. The van der Waals surface area contributed by atoms with Crippen molar-refractivity contribution in [3.8, 4) is 0 Å². The van der Waals surface area contributed by atoms with Crippen molar-refractivity contribution >= 4 is 12.2 Å². The third kappa shape index (κ3) is 37.8. The highest BCUT2D eigenvalue weighted by atomic mass is 16.2. The van der Waals surface area contributed by atoms with Gasteiger partial charge in [-0.2, -0.15) is 0 Å². The lowest BCUT2D eigenvalue weighted by atomic mass is 10.2. The monoisotopic (exact) mass is 248 g/mol. The lowest BCUT2D eigenvalue weighted by Crippen LogP contribution is -1.62. The van der Waals surface area contributed by atoms with Gasteiger partial charge < -0.3 is 5.11 Å². The standard InChI is InChI=1S/C7H8.C4H6O.2CHNO/c1-7-5-3-2-4-6-7;1-2-3-4-5;2*2-1-3/h2-6H,1H3;2-5H,1H2;2*2H. The van der Waals surface area contributed by atoms with Crippen LogP contribution in [-0.4, -0.2) is 17.3 Å². The predicted octanol–water partition coefficient (Wildman–Crippen LogP) is 3.04. The zero-order valence-electron chi connectivity index (χ0n) is 10.1. The van der Waals surface area contributed by atoms with Crippen molar-refractivity contribution in [2.24, 2.45) is 0 Å². The zero-order valence-corrected chi connectivity index (χ0v) is 10.1. The maximum Gasteiger partial charge on any atom is 0.231 e. The van der Waals surface area contributed by atoms with Crippen LogP contribution in [0.2, 0.25) is 0 Å². The summed E-state index contributed by atoms with van der Waals surface area (Å²) in [7, 11) is 0. The summed E-state index contributed by atoms with van der Waals surface area (Å²) in [5.74, 6) is 0. The molecule has 18 heavy (non-hydrogen) atoms. The van der Waals surface area contributed by atoms with E-state index in [9.17, 15) is 0 Å². The fraction of sp³-hybridized carbons (Fsp3) is 0.0769. The number of hydrogen-bond donors (Lipinski definition) is 3. The molecule has 0 radical (unpaired) electrons. The van der Waals surface area contributed by atoms with Gasteiger partial charge in [-0.3, -0.25) is 0 Å². The highest BCUT2D eigenvalue weighted by Crippen LogP contribution is 1.92. The molecule has 96 valence electrons. The van der Waals surface area contributed by atoms with Crippen molar-refractivity contribution in [1.82, 2.24) is 0 Å². The topological polar surface area (TPSA) is 102 Å². The second-order valence-corrected chi connectivity index (χ2v) is 2.44. The summed E-state index contributed by atoms with van der Waals surface area (Å²) in [5.41, 5.74) is 1.32. The van der Waals surface area contributed by atoms with Gasteiger partial charge in [0.2, 0.25) is 12.2 Å². The average Bonchev–Trinajstić information content (AvgIpc) is 2.34. The predicted molar refractivity (Wildman–Crippen MR) is 70.0 cm³/mol. The number of benzene rings is 1. The number of isocyanates is 2. The summed E-state index contributed by atoms with van der Waals surface area (Å²) in [5, 5.41) is 18.6. The molecule has 0 aliphatic carbocycles. The van der Waals surface area contributed by atoms with E-state index in [0.29, 0.717) is 0 Å². The lowest BCUT2D eigenvalue weighted by Gasteiger charge is -1.82. The number of carbonyl (C=O) groups excluding carboxylic acids is 2. The number of aliphatic hydroxyl groups is 1. The first kappa shape index (κ1) is 20.6. The van der Waals surface area contributed by atoms with Crippen molar-refractivity contribution in [2.45, 2.75) is 6.92 Å². The van der Waals surface area contributed by atoms with Crippen LogP contribution < -0.4 is 0 Å². The number of aryl methyl sites for hydroxylation is 1. The van der Waals surface area contributed by atoms with Gasteiger partial charge in [0.25, 0.3) is 0 Å². The first-order valence-electron chi connectivity index (χ1n) is 4.65. The van der Waals surface area contributed by atoms with E-state index in [2.05, 4.69) is 25.6 Å². The van der Waals surface area contributed by atoms with E-state index in [4.69, 9.17) is 25.5 Å². The van der Waals surface area contributed by atoms with Crippen LogP contribution in [0.15, 0.2) is 55.3 Å². The molecule has 0 bridgehead atoms. The van der Waals surface area contributed by atoms with Gasteiger partial charge in [-0.05, 0) is 13.0 Å². The summed E-state index contributed by atoms with van der Waals surface area (Å²) in [6.07, 6.45) is 5.38. The normalized spacial score (nSPS) is 6.72. The van der Waals surface area contributed by atoms with Gasteiger partial charge in [0.15, 0.2) is 0 Å². The van der Waals surface area contributed by atoms with E-state index in [0.717, 1.165) is 18.4 Å². The quantitative estimate of drug-likeness (QED) is 0.308. The molecule has 0 saturated carbocycles. The Morgan fingerprint density at radius 2 is 1.56 bits per heavy atom. The molecule has 0 aromatic heterocycles. The van der Waals surface area contributed by atoms with E-state index < -0.39 is 0 Å². The molecule has 0 heterocycles. The molecule has 0 aliphatic rings. The molecule has 1 aromatic rings. The first-order valence-corrected chi connectivity index (χ1v) is 4.65. The van der Waals surface area contributed by atoms with Gasteiger partial charge in [0, 0.05) is 0 Å². The Hall–Kier alpha value is -2.74. The molecule has 0 amide bonds. The third-order valence-corrected chi connectivity index (χ3v) is 1.16. The highest BCUT2D eigenvalue weighted by Gasteiger charge is 1.72. The summed E-state index contributed by atoms with van der Waals surface area (Å²) in [4.78, 5) is 16.7. The van der Waals surface area contributed by atoms with E-state index in [1.54, 1.807) is 0 Å². The summed E-state index contributed by atoms with van der Waals surface area (Å²) in [6, 6.07) is 10.3. The molecular formula is C13H16N2O3. The molecule has 0 saturated heterocycles. The fourth-order valence-electron chi connectivity index (χ4n) is 0.595. The third-order valence-electron chi connectivity index (χ3n) is 1.16. The molecule has 1 rings (SSSR count). The molecule has 0 unspecified atom stereocenters. The van der Waals surface area contributed by atoms with Gasteiger partial charge in [-0.25, -0.2) is 20.4 Å². The van der Waals surface area contributed by atoms with Crippen molar-refractivity contribution in [1.29, 1.82) is 10.8 Å². The van der Waals surface area contributed by atoms with Crippen LogP contribution in [0.5, 0.6) is 0 Å². The number of nitrogens with one attached hydrogen (secondary N) is 2. The molecule has 0 spiro atoms. The Kier molecular flexibility index (Phi) is 27.3. The largest absolute Gasteiger partial charge is 0.516 e. The van der Waals surface area contributed by atoms with Gasteiger partial charge in [0.05, 0.1) is 6.26 Å². The van der Waals surface area contributed by atoms with Gasteiger partial charge in [0.1, 0.15) is 0 Å². The average molecular weight is 248 g/mol. The minimum atomic E-state index is 0.750. The van der Waals surface area contributed by atoms with Gasteiger partial charge >= 0.3 is 0 Å². The first-order chi connectivity index (χ1) is 8.64. The number of allylic oxidation sites excluding steroid dienone is 2. The molecule has 5 nitrogen and oxygen atoms in total. The maximum absolute atomic E-state index is 8.35. The molecule has 3 N–H and O–H groups in total. The van der Waals surface area contributed by atoms with E-state index in [-0.39, 0.29) is 0 Å². The summed E-state index contributed by atoms with van der Waals surface area (Å²) >= 11 is 0. The Labute approximate surface area is 106 Å². The van der Waals surface area contributed by atoms with Crippen LogP contribution in [0.25, 0.3) is 0 Å². The summed E-state index contributed by atoms with van der Waals surface area (Å²) < 4.78 is 0. The SMILES string of the molecule is C=CC=CO.Cc1ccccc1.N=C=O.N=C=O. The van der Waals surface area contributed by atoms with Crippen LogP contribution in [0.4, 0.5) is 0 Å². The molecule has 0 aliphatic heterocycles. The Bertz CT molecular complexity index is 362. The second-order valence-electron chi connectivity index (χ2n) is 2.44. The van der Waals surface area contributed by atoms with E-state index in [1.165, 1.54) is 17.7 Å². The van der Waals surface area contributed by atoms with Gasteiger partial charge in [-0.1, -0.05) is 48.6 Å². The molecule has 0 fully saturated rings. The Morgan fingerprint density at radius 3 is 1.67 bits per heavy atom. The lowest BCUT2D eigenvalue weighted by molar-refractivity contribution is 0.474. The fourth-order valence-corrected chi connectivity index (χ4v) is 0.595. The van der Waals surface area contributed by atoms with Crippen LogP contribution in [0, 0.1) is 17.7 Å². The molecule has 5 heteroatoms. The Morgan fingerprint density at radius 1 is 1.17 bits per heavy atom. The highest BCUT2D eigenvalue weighted by molar-refractivity contribution is 5.26. The molecule has 1 aromatic carbocycles. The second kappa shape index (κ2) is 23.8. The van der Waals surface area contributed by atoms with E-state index in [1.807, 2.05) is 18.2 Å². The number of rotatable bonds is 1. The van der Waals surface area contributed by atoms with Crippen molar-refractivity contribution < 1.29 is 14.7 Å². The van der Waals surface area contributed by atoms with Crippen molar-refractivity contribution in [2.75, 3.05) is 0 Å².